The zero-order chi connectivity index (χ0) is 15.5. The smallest absolute Gasteiger partial charge is 0.301 e. The molecule has 0 radical (unpaired) electrons. The Labute approximate surface area is 124 Å². The number of carbonyl (C=O) groups is 1. The minimum absolute atomic E-state index is 0.0715. The summed E-state index contributed by atoms with van der Waals surface area (Å²) in [4.78, 5) is 15.7. The average molecular weight is 338 g/mol. The summed E-state index contributed by atoms with van der Waals surface area (Å²) < 4.78 is 37.4. The van der Waals surface area contributed by atoms with Gasteiger partial charge in [0.25, 0.3) is 0 Å². The molecule has 1 N–H and O–H groups in total. The fraction of sp³-hybridized carbons (Fsp3) is 0.444. The molecule has 2 aromatic rings. The molecule has 0 aliphatic rings. The zero-order valence-electron chi connectivity index (χ0n) is 10.6. The SMILES string of the molecule is Cc1csc(NC(=O)CSc2nnnn2CC(F)(F)F)n1. The summed E-state index contributed by atoms with van der Waals surface area (Å²) in [7, 11) is 0. The first kappa shape index (κ1) is 15.7. The maximum Gasteiger partial charge on any atom is 0.408 e. The lowest BCUT2D eigenvalue weighted by Gasteiger charge is -2.07. The minimum atomic E-state index is -4.43. The van der Waals surface area contributed by atoms with Gasteiger partial charge in [-0.25, -0.2) is 9.67 Å². The molecule has 2 aromatic heterocycles. The van der Waals surface area contributed by atoms with Crippen molar-refractivity contribution in [2.24, 2.45) is 0 Å². The molecule has 12 heteroatoms. The van der Waals surface area contributed by atoms with Gasteiger partial charge in [-0.15, -0.1) is 16.4 Å². The largest absolute Gasteiger partial charge is 0.408 e. The summed E-state index contributed by atoms with van der Waals surface area (Å²) in [6, 6.07) is 0. The Kier molecular flexibility index (Phi) is 4.77. The maximum absolute atomic E-state index is 12.3. The molecule has 1 amide bonds. The molecule has 2 rings (SSSR count). The van der Waals surface area contributed by atoms with Gasteiger partial charge in [0.1, 0.15) is 6.54 Å². The molecule has 114 valence electrons. The number of carbonyl (C=O) groups excluding carboxylic acids is 1. The predicted molar refractivity (Wildman–Crippen MR) is 70.1 cm³/mol. The van der Waals surface area contributed by atoms with Gasteiger partial charge >= 0.3 is 6.18 Å². The lowest BCUT2D eigenvalue weighted by molar-refractivity contribution is -0.144. The van der Waals surface area contributed by atoms with Crippen molar-refractivity contribution >= 4 is 34.1 Å². The number of thiazole rings is 1. The standard InChI is InChI=1S/C9H9F3N6OS2/c1-5-2-20-7(13-5)14-6(19)3-21-8-15-16-17-18(8)4-9(10,11)12/h2H,3-4H2,1H3,(H,13,14,19). The number of tetrazole rings is 1. The molecular formula is C9H9F3N6OS2. The topological polar surface area (TPSA) is 85.6 Å². The van der Waals surface area contributed by atoms with Gasteiger partial charge in [0.2, 0.25) is 11.1 Å². The number of hydrogen-bond donors (Lipinski definition) is 1. The van der Waals surface area contributed by atoms with E-state index in [1.165, 1.54) is 11.3 Å². The highest BCUT2D eigenvalue weighted by atomic mass is 32.2. The van der Waals surface area contributed by atoms with E-state index in [1.807, 2.05) is 0 Å². The van der Waals surface area contributed by atoms with E-state index in [1.54, 1.807) is 12.3 Å². The van der Waals surface area contributed by atoms with Crippen LogP contribution in [-0.4, -0.2) is 43.0 Å². The lowest BCUT2D eigenvalue weighted by Crippen LogP contribution is -2.20. The third-order valence-electron chi connectivity index (χ3n) is 2.03. The summed E-state index contributed by atoms with van der Waals surface area (Å²) in [6.07, 6.45) is -4.43. The summed E-state index contributed by atoms with van der Waals surface area (Å²) in [5.41, 5.74) is 0.775. The Bertz CT molecular complexity index is 625. The summed E-state index contributed by atoms with van der Waals surface area (Å²) in [5, 5.41) is 14.5. The quantitative estimate of drug-likeness (QED) is 0.836. The Morgan fingerprint density at radius 1 is 1.52 bits per heavy atom. The normalized spacial score (nSPS) is 11.6. The van der Waals surface area contributed by atoms with Crippen LogP contribution in [0.5, 0.6) is 0 Å². The molecule has 0 bridgehead atoms. The van der Waals surface area contributed by atoms with Crippen molar-refractivity contribution in [1.82, 2.24) is 25.2 Å². The Hall–Kier alpha value is -1.69. The van der Waals surface area contributed by atoms with Gasteiger partial charge in [0.05, 0.1) is 11.4 Å². The van der Waals surface area contributed by atoms with E-state index in [0.717, 1.165) is 17.5 Å². The Morgan fingerprint density at radius 2 is 2.29 bits per heavy atom. The minimum Gasteiger partial charge on any atom is -0.301 e. The Balaban J connectivity index is 1.88. The molecule has 2 heterocycles. The first-order valence-corrected chi connectivity index (χ1v) is 7.38. The van der Waals surface area contributed by atoms with Crippen LogP contribution in [0, 0.1) is 6.92 Å². The lowest BCUT2D eigenvalue weighted by atomic mass is 10.6. The maximum atomic E-state index is 12.3. The van der Waals surface area contributed by atoms with Crippen molar-refractivity contribution < 1.29 is 18.0 Å². The number of aromatic nitrogens is 5. The number of nitrogens with one attached hydrogen (secondary N) is 1. The van der Waals surface area contributed by atoms with E-state index in [4.69, 9.17) is 0 Å². The third kappa shape index (κ3) is 4.97. The third-order valence-corrected chi connectivity index (χ3v) is 3.86. The number of nitrogens with zero attached hydrogens (tertiary/aromatic N) is 5. The van der Waals surface area contributed by atoms with Crippen LogP contribution < -0.4 is 5.32 Å². The molecule has 0 fully saturated rings. The van der Waals surface area contributed by atoms with Gasteiger partial charge in [0, 0.05) is 5.38 Å². The van der Waals surface area contributed by atoms with Crippen LogP contribution >= 0.6 is 23.1 Å². The van der Waals surface area contributed by atoms with Crippen LogP contribution in [0.15, 0.2) is 10.5 Å². The van der Waals surface area contributed by atoms with Crippen LogP contribution in [0.1, 0.15) is 5.69 Å². The number of hydrogen-bond acceptors (Lipinski definition) is 7. The number of amides is 1. The van der Waals surface area contributed by atoms with Gasteiger partial charge in [-0.2, -0.15) is 13.2 Å². The van der Waals surface area contributed by atoms with Gasteiger partial charge in [0.15, 0.2) is 5.13 Å². The Morgan fingerprint density at radius 3 is 2.90 bits per heavy atom. The highest BCUT2D eigenvalue weighted by molar-refractivity contribution is 7.99. The molecule has 0 aliphatic heterocycles. The molecule has 0 saturated heterocycles. The summed E-state index contributed by atoms with van der Waals surface area (Å²) in [5.74, 6) is -0.507. The highest BCUT2D eigenvalue weighted by Crippen LogP contribution is 2.21. The van der Waals surface area contributed by atoms with E-state index >= 15 is 0 Å². The summed E-state index contributed by atoms with van der Waals surface area (Å²) >= 11 is 2.09. The van der Waals surface area contributed by atoms with Crippen molar-refractivity contribution in [1.29, 1.82) is 0 Å². The van der Waals surface area contributed by atoms with Gasteiger partial charge in [-0.1, -0.05) is 11.8 Å². The van der Waals surface area contributed by atoms with Crippen molar-refractivity contribution in [2.45, 2.75) is 24.8 Å². The van der Waals surface area contributed by atoms with Crippen LogP contribution in [0.2, 0.25) is 0 Å². The number of thioether (sulfide) groups is 1. The van der Waals surface area contributed by atoms with Crippen LogP contribution in [-0.2, 0) is 11.3 Å². The second-order valence-electron chi connectivity index (χ2n) is 3.87. The highest BCUT2D eigenvalue weighted by Gasteiger charge is 2.30. The fourth-order valence-corrected chi connectivity index (χ4v) is 2.65. The first-order valence-electron chi connectivity index (χ1n) is 5.51. The monoisotopic (exact) mass is 338 g/mol. The molecule has 0 unspecified atom stereocenters. The predicted octanol–water partition coefficient (Wildman–Crippen LogP) is 1.73. The fourth-order valence-electron chi connectivity index (χ4n) is 1.27. The van der Waals surface area contributed by atoms with Gasteiger partial charge < -0.3 is 5.32 Å². The molecule has 7 nitrogen and oxygen atoms in total. The molecule has 0 aromatic carbocycles. The second kappa shape index (κ2) is 6.39. The van der Waals surface area contributed by atoms with E-state index in [-0.39, 0.29) is 10.9 Å². The number of anilines is 1. The van der Waals surface area contributed by atoms with E-state index < -0.39 is 18.6 Å². The molecule has 0 saturated carbocycles. The average Bonchev–Trinajstić information content (AvgIpc) is 2.94. The number of halogens is 3. The van der Waals surface area contributed by atoms with E-state index in [0.29, 0.717) is 9.81 Å². The molecule has 0 atom stereocenters. The molecule has 0 aliphatic carbocycles. The van der Waals surface area contributed by atoms with Crippen molar-refractivity contribution in [2.75, 3.05) is 11.1 Å². The van der Waals surface area contributed by atoms with Crippen LogP contribution in [0.4, 0.5) is 18.3 Å². The van der Waals surface area contributed by atoms with Crippen LogP contribution in [0.3, 0.4) is 0 Å². The zero-order valence-corrected chi connectivity index (χ0v) is 12.2. The molecule has 0 spiro atoms. The van der Waals surface area contributed by atoms with Gasteiger partial charge in [-0.05, 0) is 17.4 Å². The molecular weight excluding hydrogens is 329 g/mol. The number of rotatable bonds is 5. The number of alkyl halides is 3. The molecule has 21 heavy (non-hydrogen) atoms. The van der Waals surface area contributed by atoms with Crippen molar-refractivity contribution in [3.8, 4) is 0 Å². The van der Waals surface area contributed by atoms with Crippen molar-refractivity contribution in [3.63, 3.8) is 0 Å². The number of aryl methyl sites for hydroxylation is 1. The first-order chi connectivity index (χ1) is 9.83. The van der Waals surface area contributed by atoms with E-state index in [2.05, 4.69) is 25.8 Å². The van der Waals surface area contributed by atoms with Crippen LogP contribution in [0.25, 0.3) is 0 Å². The van der Waals surface area contributed by atoms with Gasteiger partial charge in [-0.3, -0.25) is 4.79 Å². The van der Waals surface area contributed by atoms with Crippen molar-refractivity contribution in [3.05, 3.63) is 11.1 Å². The second-order valence-corrected chi connectivity index (χ2v) is 5.67. The summed E-state index contributed by atoms with van der Waals surface area (Å²) in [6.45, 7) is 0.488. The van der Waals surface area contributed by atoms with E-state index in [9.17, 15) is 18.0 Å².